The molecule has 1 aromatic carbocycles. The Balaban J connectivity index is 1.28. The van der Waals surface area contributed by atoms with Gasteiger partial charge >= 0.3 is 0 Å². The number of piperidine rings is 1. The lowest BCUT2D eigenvalue weighted by molar-refractivity contribution is -0.125. The van der Waals surface area contributed by atoms with Crippen molar-refractivity contribution < 1.29 is 4.79 Å². The Kier molecular flexibility index (Phi) is 6.51. The number of carbonyl (C=O) groups is 1. The number of nitrogens with zero attached hydrogens (tertiary/aromatic N) is 1. The molecular formula is C22H31Cl2N3O. The van der Waals surface area contributed by atoms with Crippen LogP contribution in [-0.4, -0.2) is 42.6 Å². The van der Waals surface area contributed by atoms with Crippen molar-refractivity contribution in [1.29, 1.82) is 0 Å². The molecule has 2 heterocycles. The molecule has 4 rings (SSSR count). The number of amides is 1. The molecule has 2 N–H and O–H groups in total. The predicted octanol–water partition coefficient (Wildman–Crippen LogP) is 4.56. The Bertz CT molecular complexity index is 683. The van der Waals surface area contributed by atoms with Crippen LogP contribution in [-0.2, 0) is 4.79 Å². The van der Waals surface area contributed by atoms with Gasteiger partial charge < -0.3 is 10.2 Å². The minimum Gasteiger partial charge on any atom is -0.342 e. The molecule has 3 fully saturated rings. The van der Waals surface area contributed by atoms with Crippen LogP contribution in [0, 0.1) is 5.92 Å². The number of hydrogen-bond donors (Lipinski definition) is 2. The highest BCUT2D eigenvalue weighted by molar-refractivity contribution is 6.34. The summed E-state index contributed by atoms with van der Waals surface area (Å²) in [6, 6.07) is 6.05. The van der Waals surface area contributed by atoms with Crippen LogP contribution >= 0.6 is 23.2 Å². The summed E-state index contributed by atoms with van der Waals surface area (Å²) < 4.78 is 0. The van der Waals surface area contributed by atoms with E-state index in [9.17, 15) is 4.79 Å². The Morgan fingerprint density at radius 2 is 1.79 bits per heavy atom. The molecule has 6 heteroatoms. The third-order valence-electron chi connectivity index (χ3n) is 7.09. The van der Waals surface area contributed by atoms with E-state index < -0.39 is 0 Å². The lowest BCUT2D eigenvalue weighted by Crippen LogP contribution is -2.54. The second-order valence-corrected chi connectivity index (χ2v) is 9.65. The van der Waals surface area contributed by atoms with Gasteiger partial charge in [0.25, 0.3) is 0 Å². The van der Waals surface area contributed by atoms with Crippen LogP contribution in [0.4, 0.5) is 0 Å². The average Bonchev–Trinajstić information content (AvgIpc) is 3.03. The lowest BCUT2D eigenvalue weighted by Gasteiger charge is -2.38. The predicted molar refractivity (Wildman–Crippen MR) is 115 cm³/mol. The molecule has 0 aromatic heterocycles. The zero-order valence-electron chi connectivity index (χ0n) is 16.5. The van der Waals surface area contributed by atoms with Gasteiger partial charge in [-0.15, -0.1) is 0 Å². The second-order valence-electron chi connectivity index (χ2n) is 8.78. The smallest absolute Gasteiger partial charge is 0.241 e. The highest BCUT2D eigenvalue weighted by atomic mass is 35.5. The van der Waals surface area contributed by atoms with Crippen LogP contribution in [0.25, 0.3) is 0 Å². The monoisotopic (exact) mass is 423 g/mol. The number of rotatable bonds is 5. The van der Waals surface area contributed by atoms with Crippen LogP contribution in [0.3, 0.4) is 0 Å². The Morgan fingerprint density at radius 3 is 2.46 bits per heavy atom. The molecule has 2 saturated heterocycles. The molecule has 2 atom stereocenters. The van der Waals surface area contributed by atoms with Crippen molar-refractivity contribution in [3.63, 3.8) is 0 Å². The van der Waals surface area contributed by atoms with Crippen LogP contribution in [0.2, 0.25) is 10.0 Å². The highest BCUT2D eigenvalue weighted by Crippen LogP contribution is 2.41. The summed E-state index contributed by atoms with van der Waals surface area (Å²) >= 11 is 12.5. The van der Waals surface area contributed by atoms with Gasteiger partial charge in [-0.25, -0.2) is 0 Å². The maximum Gasteiger partial charge on any atom is 0.241 e. The number of halogens is 2. The van der Waals surface area contributed by atoms with Crippen molar-refractivity contribution in [3.05, 3.63) is 33.8 Å². The van der Waals surface area contributed by atoms with Gasteiger partial charge in [0, 0.05) is 23.1 Å². The number of hydrogen-bond acceptors (Lipinski definition) is 3. The van der Waals surface area contributed by atoms with Crippen LogP contribution in [0.5, 0.6) is 0 Å². The van der Waals surface area contributed by atoms with E-state index in [0.29, 0.717) is 12.6 Å². The molecular weight excluding hydrogens is 393 g/mol. The van der Waals surface area contributed by atoms with Crippen molar-refractivity contribution in [2.45, 2.75) is 62.8 Å². The Hall–Kier alpha value is -0.810. The van der Waals surface area contributed by atoms with E-state index in [1.54, 1.807) is 0 Å². The van der Waals surface area contributed by atoms with Gasteiger partial charge in [0.15, 0.2) is 0 Å². The van der Waals surface area contributed by atoms with Gasteiger partial charge in [0.2, 0.25) is 5.91 Å². The molecule has 28 heavy (non-hydrogen) atoms. The van der Waals surface area contributed by atoms with Gasteiger partial charge in [-0.1, -0.05) is 36.0 Å². The molecule has 2 aliphatic heterocycles. The second kappa shape index (κ2) is 8.91. The molecule has 1 amide bonds. The number of likely N-dealkylation sites (tertiary alicyclic amines) is 1. The lowest BCUT2D eigenvalue weighted by atomic mass is 9.73. The first-order chi connectivity index (χ1) is 13.6. The van der Waals surface area contributed by atoms with E-state index in [-0.39, 0.29) is 11.4 Å². The highest BCUT2D eigenvalue weighted by Gasteiger charge is 2.44. The zero-order valence-corrected chi connectivity index (χ0v) is 18.0. The van der Waals surface area contributed by atoms with Gasteiger partial charge in [-0.05, 0) is 80.7 Å². The largest absolute Gasteiger partial charge is 0.342 e. The van der Waals surface area contributed by atoms with Gasteiger partial charge in [0.05, 0.1) is 6.67 Å². The summed E-state index contributed by atoms with van der Waals surface area (Å²) in [5, 5.41) is 7.79. The summed E-state index contributed by atoms with van der Waals surface area (Å²) in [5.74, 6) is 1.50. The summed E-state index contributed by atoms with van der Waals surface area (Å²) in [5.41, 5.74) is 1.03. The standard InChI is InChI=1S/C22H31Cl2N3O/c23-18-12-17(13-19(24)14-18)20-6-2-1-4-16(20)5-3-9-27-10-7-22(8-11-27)21(28)25-15-26-22/h12-14,16,20,26H,1-11,15H2,(H,25,28). The molecule has 0 radical (unpaired) electrons. The van der Waals surface area contributed by atoms with Crippen molar-refractivity contribution in [2.75, 3.05) is 26.3 Å². The number of nitrogens with one attached hydrogen (secondary N) is 2. The quantitative estimate of drug-likeness (QED) is 0.729. The maximum atomic E-state index is 12.1. The minimum absolute atomic E-state index is 0.192. The van der Waals surface area contributed by atoms with Crippen molar-refractivity contribution in [3.8, 4) is 0 Å². The van der Waals surface area contributed by atoms with Gasteiger partial charge in [-0.2, -0.15) is 0 Å². The Labute approximate surface area is 178 Å². The number of carbonyl (C=O) groups excluding carboxylic acids is 1. The fourth-order valence-corrected chi connectivity index (χ4v) is 6.01. The first-order valence-electron chi connectivity index (χ1n) is 10.8. The summed E-state index contributed by atoms with van der Waals surface area (Å²) in [6.45, 7) is 3.78. The first-order valence-corrected chi connectivity index (χ1v) is 11.5. The van der Waals surface area contributed by atoms with E-state index in [0.717, 1.165) is 48.4 Å². The van der Waals surface area contributed by atoms with E-state index in [4.69, 9.17) is 23.2 Å². The number of benzene rings is 1. The molecule has 0 bridgehead atoms. The van der Waals surface area contributed by atoms with Crippen LogP contribution in [0.1, 0.15) is 62.8 Å². The van der Waals surface area contributed by atoms with Gasteiger partial charge in [0.1, 0.15) is 5.54 Å². The molecule has 1 saturated carbocycles. The first kappa shape index (κ1) is 20.5. The normalized spacial score (nSPS) is 27.9. The summed E-state index contributed by atoms with van der Waals surface area (Å²) in [6.07, 6.45) is 9.52. The third kappa shape index (κ3) is 4.51. The van der Waals surface area contributed by atoms with Gasteiger partial charge in [-0.3, -0.25) is 10.1 Å². The molecule has 3 aliphatic rings. The molecule has 4 nitrogen and oxygen atoms in total. The molecule has 1 aromatic rings. The van der Waals surface area contributed by atoms with Crippen LogP contribution < -0.4 is 10.6 Å². The fraction of sp³-hybridized carbons (Fsp3) is 0.682. The van der Waals surface area contributed by atoms with E-state index in [1.807, 2.05) is 6.07 Å². The van der Waals surface area contributed by atoms with Crippen molar-refractivity contribution in [2.24, 2.45) is 5.92 Å². The van der Waals surface area contributed by atoms with E-state index in [2.05, 4.69) is 27.7 Å². The van der Waals surface area contributed by atoms with E-state index in [1.165, 1.54) is 44.1 Å². The molecule has 1 aliphatic carbocycles. The van der Waals surface area contributed by atoms with Crippen molar-refractivity contribution >= 4 is 29.1 Å². The zero-order chi connectivity index (χ0) is 19.6. The molecule has 2 unspecified atom stereocenters. The van der Waals surface area contributed by atoms with Crippen LogP contribution in [0.15, 0.2) is 18.2 Å². The summed E-state index contributed by atoms with van der Waals surface area (Å²) in [7, 11) is 0. The van der Waals surface area contributed by atoms with E-state index >= 15 is 0 Å². The third-order valence-corrected chi connectivity index (χ3v) is 7.53. The topological polar surface area (TPSA) is 44.4 Å². The SMILES string of the molecule is O=C1NCNC12CCN(CCCC1CCCCC1c1cc(Cl)cc(Cl)c1)CC2. The molecule has 1 spiro atoms. The molecule has 154 valence electrons. The Morgan fingerprint density at radius 1 is 1.07 bits per heavy atom. The minimum atomic E-state index is -0.295. The maximum absolute atomic E-state index is 12.1. The van der Waals surface area contributed by atoms with Crippen molar-refractivity contribution in [1.82, 2.24) is 15.5 Å². The summed E-state index contributed by atoms with van der Waals surface area (Å²) in [4.78, 5) is 14.6. The fourth-order valence-electron chi connectivity index (χ4n) is 5.46. The average molecular weight is 424 g/mol.